The zero-order chi connectivity index (χ0) is 14.6. The van der Waals surface area contributed by atoms with Gasteiger partial charge < -0.3 is 15.4 Å². The van der Waals surface area contributed by atoms with Gasteiger partial charge in [0, 0.05) is 25.3 Å². The van der Waals surface area contributed by atoms with Crippen molar-refractivity contribution in [2.24, 2.45) is 0 Å². The van der Waals surface area contributed by atoms with Gasteiger partial charge >= 0.3 is 0 Å². The van der Waals surface area contributed by atoms with Crippen molar-refractivity contribution in [2.75, 3.05) is 20.2 Å². The lowest BCUT2D eigenvalue weighted by Gasteiger charge is -2.34. The summed E-state index contributed by atoms with van der Waals surface area (Å²) >= 11 is 0. The Kier molecular flexibility index (Phi) is 6.51. The lowest BCUT2D eigenvalue weighted by Crippen LogP contribution is -2.54. The number of piperidine rings is 1. The van der Waals surface area contributed by atoms with Crippen LogP contribution in [0.2, 0.25) is 0 Å². The standard InChI is InChI=1S/C14H18F2N2O2.ClH/c1-20-14(4-6-17-7-5-14)13(19)18-9-10-2-3-11(15)8-12(10)16;/h2-3,8,17H,4-7,9H2,1H3,(H,18,19);1H. The minimum atomic E-state index is -0.859. The first-order valence-electron chi connectivity index (χ1n) is 6.55. The highest BCUT2D eigenvalue weighted by atomic mass is 35.5. The molecular formula is C14H19ClF2N2O2. The lowest BCUT2D eigenvalue weighted by molar-refractivity contribution is -0.146. The molecule has 0 spiro atoms. The number of rotatable bonds is 4. The Bertz CT molecular complexity index is 494. The van der Waals surface area contributed by atoms with Crippen LogP contribution in [0, 0.1) is 11.6 Å². The molecule has 1 aromatic rings. The molecule has 2 rings (SSSR count). The van der Waals surface area contributed by atoms with Gasteiger partial charge in [0.25, 0.3) is 5.91 Å². The van der Waals surface area contributed by atoms with Crippen LogP contribution < -0.4 is 10.6 Å². The van der Waals surface area contributed by atoms with Crippen LogP contribution in [0.25, 0.3) is 0 Å². The molecule has 2 N–H and O–H groups in total. The molecule has 1 amide bonds. The second kappa shape index (κ2) is 7.68. The maximum atomic E-state index is 13.5. The van der Waals surface area contributed by atoms with Crippen LogP contribution in [0.1, 0.15) is 18.4 Å². The molecule has 118 valence electrons. The Labute approximate surface area is 128 Å². The number of hydrogen-bond donors (Lipinski definition) is 2. The van der Waals surface area contributed by atoms with Gasteiger partial charge in [-0.15, -0.1) is 12.4 Å². The number of ether oxygens (including phenoxy) is 1. The van der Waals surface area contributed by atoms with Crippen LogP contribution in [0.3, 0.4) is 0 Å². The Hall–Kier alpha value is -1.24. The number of halogens is 3. The molecule has 7 heteroatoms. The van der Waals surface area contributed by atoms with Crippen LogP contribution >= 0.6 is 12.4 Å². The second-order valence-electron chi connectivity index (χ2n) is 4.87. The van der Waals surface area contributed by atoms with Gasteiger partial charge in [-0.1, -0.05) is 6.07 Å². The van der Waals surface area contributed by atoms with Gasteiger partial charge in [-0.3, -0.25) is 4.79 Å². The van der Waals surface area contributed by atoms with Crippen LogP contribution in [0.5, 0.6) is 0 Å². The van der Waals surface area contributed by atoms with Crippen molar-refractivity contribution in [3.05, 3.63) is 35.4 Å². The fourth-order valence-electron chi connectivity index (χ4n) is 2.36. The summed E-state index contributed by atoms with van der Waals surface area (Å²) in [6.45, 7) is 1.42. The molecule has 0 unspecified atom stereocenters. The van der Waals surface area contributed by atoms with Gasteiger partial charge in [-0.25, -0.2) is 8.78 Å². The fourth-order valence-corrected chi connectivity index (χ4v) is 2.36. The van der Waals surface area contributed by atoms with Crippen molar-refractivity contribution in [3.8, 4) is 0 Å². The van der Waals surface area contributed by atoms with Gasteiger partial charge in [0.15, 0.2) is 0 Å². The minimum Gasteiger partial charge on any atom is -0.368 e. The Morgan fingerprint density at radius 1 is 1.38 bits per heavy atom. The van der Waals surface area contributed by atoms with Crippen molar-refractivity contribution in [1.82, 2.24) is 10.6 Å². The molecule has 0 aliphatic carbocycles. The molecule has 0 saturated carbocycles. The summed E-state index contributed by atoms with van der Waals surface area (Å²) in [4.78, 5) is 12.2. The first kappa shape index (κ1) is 17.8. The van der Waals surface area contributed by atoms with Gasteiger partial charge in [0.05, 0.1) is 0 Å². The van der Waals surface area contributed by atoms with E-state index in [1.54, 1.807) is 0 Å². The van der Waals surface area contributed by atoms with E-state index in [0.29, 0.717) is 25.9 Å². The van der Waals surface area contributed by atoms with Gasteiger partial charge in [-0.2, -0.15) is 0 Å². The van der Waals surface area contributed by atoms with Gasteiger partial charge in [0.2, 0.25) is 0 Å². The number of nitrogens with one attached hydrogen (secondary N) is 2. The van der Waals surface area contributed by atoms with Gasteiger partial charge in [0.1, 0.15) is 17.2 Å². The Morgan fingerprint density at radius 2 is 2.05 bits per heavy atom. The largest absolute Gasteiger partial charge is 0.368 e. The Morgan fingerprint density at radius 3 is 2.62 bits per heavy atom. The third-order valence-corrected chi connectivity index (χ3v) is 3.67. The highest BCUT2D eigenvalue weighted by molar-refractivity contribution is 5.85. The molecule has 1 aromatic carbocycles. The van der Waals surface area contributed by atoms with E-state index >= 15 is 0 Å². The highest BCUT2D eigenvalue weighted by Crippen LogP contribution is 2.22. The van der Waals surface area contributed by atoms with E-state index in [0.717, 1.165) is 6.07 Å². The average Bonchev–Trinajstić information content (AvgIpc) is 2.46. The molecule has 1 aliphatic heterocycles. The highest BCUT2D eigenvalue weighted by Gasteiger charge is 2.39. The zero-order valence-corrected chi connectivity index (χ0v) is 12.6. The van der Waals surface area contributed by atoms with Crippen molar-refractivity contribution in [1.29, 1.82) is 0 Å². The molecule has 1 fully saturated rings. The summed E-state index contributed by atoms with van der Waals surface area (Å²) < 4.78 is 31.7. The summed E-state index contributed by atoms with van der Waals surface area (Å²) in [5.41, 5.74) is -0.609. The molecule has 0 aromatic heterocycles. The molecule has 0 radical (unpaired) electrons. The van der Waals surface area contributed by atoms with Crippen molar-refractivity contribution in [3.63, 3.8) is 0 Å². The molecule has 1 saturated heterocycles. The molecule has 4 nitrogen and oxygen atoms in total. The quantitative estimate of drug-likeness (QED) is 0.889. The van der Waals surface area contributed by atoms with Crippen LogP contribution in [0.4, 0.5) is 8.78 Å². The summed E-state index contributed by atoms with van der Waals surface area (Å²) in [6.07, 6.45) is 1.14. The fraction of sp³-hybridized carbons (Fsp3) is 0.500. The smallest absolute Gasteiger partial charge is 0.252 e. The number of methoxy groups -OCH3 is 1. The van der Waals surface area contributed by atoms with Crippen LogP contribution in [0.15, 0.2) is 18.2 Å². The Balaban J connectivity index is 0.00000220. The first-order valence-corrected chi connectivity index (χ1v) is 6.55. The lowest BCUT2D eigenvalue weighted by atomic mass is 9.91. The SMILES string of the molecule is COC1(C(=O)NCc2ccc(F)cc2F)CCNCC1.Cl. The maximum Gasteiger partial charge on any atom is 0.252 e. The monoisotopic (exact) mass is 320 g/mol. The van der Waals surface area contributed by atoms with E-state index in [9.17, 15) is 13.6 Å². The van der Waals surface area contributed by atoms with E-state index in [2.05, 4.69) is 10.6 Å². The molecule has 0 bridgehead atoms. The number of amides is 1. The minimum absolute atomic E-state index is 0. The normalized spacial score (nSPS) is 16.9. The van der Waals surface area contributed by atoms with Crippen molar-refractivity contribution >= 4 is 18.3 Å². The zero-order valence-electron chi connectivity index (χ0n) is 11.7. The van der Waals surface area contributed by atoms with E-state index in [1.165, 1.54) is 19.2 Å². The van der Waals surface area contributed by atoms with E-state index < -0.39 is 17.2 Å². The van der Waals surface area contributed by atoms with Crippen LogP contribution in [-0.2, 0) is 16.1 Å². The summed E-state index contributed by atoms with van der Waals surface area (Å²) in [5.74, 6) is -1.56. The van der Waals surface area contributed by atoms with E-state index in [4.69, 9.17) is 4.74 Å². The molecular weight excluding hydrogens is 302 g/mol. The summed E-state index contributed by atoms with van der Waals surface area (Å²) in [7, 11) is 1.50. The predicted octanol–water partition coefficient (Wildman–Crippen LogP) is 1.77. The maximum absolute atomic E-state index is 13.5. The van der Waals surface area contributed by atoms with Crippen molar-refractivity contribution in [2.45, 2.75) is 25.0 Å². The first-order chi connectivity index (χ1) is 9.57. The predicted molar refractivity (Wildman–Crippen MR) is 77.3 cm³/mol. The number of carbonyl (C=O) groups is 1. The van der Waals surface area contributed by atoms with E-state index in [1.807, 2.05) is 0 Å². The van der Waals surface area contributed by atoms with Gasteiger partial charge in [-0.05, 0) is 32.0 Å². The number of benzene rings is 1. The summed E-state index contributed by atoms with van der Waals surface area (Å²) in [6, 6.07) is 3.30. The second-order valence-corrected chi connectivity index (χ2v) is 4.87. The average molecular weight is 321 g/mol. The molecule has 1 heterocycles. The van der Waals surface area contributed by atoms with Crippen molar-refractivity contribution < 1.29 is 18.3 Å². The molecule has 1 aliphatic rings. The van der Waals surface area contributed by atoms with E-state index in [-0.39, 0.29) is 30.4 Å². The molecule has 21 heavy (non-hydrogen) atoms. The number of carbonyl (C=O) groups excluding carboxylic acids is 1. The topological polar surface area (TPSA) is 50.4 Å². The third kappa shape index (κ3) is 4.12. The molecule has 0 atom stereocenters. The summed E-state index contributed by atoms with van der Waals surface area (Å²) in [5, 5.41) is 5.82. The number of hydrogen-bond acceptors (Lipinski definition) is 3. The third-order valence-electron chi connectivity index (χ3n) is 3.67. The van der Waals surface area contributed by atoms with Crippen LogP contribution in [-0.4, -0.2) is 31.7 Å².